The number of aromatic nitrogens is 2. The summed E-state index contributed by atoms with van der Waals surface area (Å²) in [7, 11) is 1.53. The van der Waals surface area contributed by atoms with Gasteiger partial charge in [-0.3, -0.25) is 4.79 Å². The van der Waals surface area contributed by atoms with Crippen LogP contribution in [0.5, 0.6) is 0 Å². The SMILES string of the molecule is CNC(=O)Cn1c(N)nc2cc(I)c(F)cc21. The maximum Gasteiger partial charge on any atom is 0.239 e. The fourth-order valence-corrected chi connectivity index (χ4v) is 1.98. The lowest BCUT2D eigenvalue weighted by atomic mass is 10.3. The molecule has 0 saturated carbocycles. The van der Waals surface area contributed by atoms with Gasteiger partial charge >= 0.3 is 0 Å². The van der Waals surface area contributed by atoms with Crippen LogP contribution in [0.2, 0.25) is 0 Å². The van der Waals surface area contributed by atoms with Gasteiger partial charge in [0.2, 0.25) is 11.9 Å². The van der Waals surface area contributed by atoms with Crippen molar-refractivity contribution in [1.29, 1.82) is 0 Å². The predicted molar refractivity (Wildman–Crippen MR) is 70.9 cm³/mol. The smallest absolute Gasteiger partial charge is 0.239 e. The predicted octanol–water partition coefficient (Wildman–Crippen LogP) is 1.11. The standard InChI is InChI=1S/C10H10FIN4O/c1-14-9(17)4-16-8-2-5(11)6(12)3-7(8)15-10(16)13/h2-3H,4H2,1H3,(H2,13,15)(H,14,17). The summed E-state index contributed by atoms with van der Waals surface area (Å²) in [5, 5.41) is 2.48. The molecule has 2 rings (SSSR count). The van der Waals surface area contributed by atoms with E-state index in [0.717, 1.165) is 0 Å². The molecule has 17 heavy (non-hydrogen) atoms. The van der Waals surface area contributed by atoms with Gasteiger partial charge in [-0.15, -0.1) is 0 Å². The van der Waals surface area contributed by atoms with Gasteiger partial charge in [0.05, 0.1) is 14.6 Å². The molecule has 1 amide bonds. The van der Waals surface area contributed by atoms with E-state index in [1.807, 2.05) is 22.6 Å². The van der Waals surface area contributed by atoms with E-state index in [1.54, 1.807) is 6.07 Å². The zero-order chi connectivity index (χ0) is 12.6. The van der Waals surface area contributed by atoms with Crippen LogP contribution >= 0.6 is 22.6 Å². The lowest BCUT2D eigenvalue weighted by molar-refractivity contribution is -0.121. The molecule has 0 unspecified atom stereocenters. The maximum atomic E-state index is 13.5. The summed E-state index contributed by atoms with van der Waals surface area (Å²) in [6.07, 6.45) is 0. The van der Waals surface area contributed by atoms with Crippen LogP contribution in [0.1, 0.15) is 0 Å². The first-order chi connectivity index (χ1) is 8.02. The van der Waals surface area contributed by atoms with Crippen molar-refractivity contribution in [3.8, 4) is 0 Å². The molecular formula is C10H10FIN4O. The van der Waals surface area contributed by atoms with Crippen molar-refractivity contribution in [3.63, 3.8) is 0 Å². The molecule has 0 atom stereocenters. The van der Waals surface area contributed by atoms with Gasteiger partial charge in [-0.2, -0.15) is 0 Å². The van der Waals surface area contributed by atoms with Crippen molar-refractivity contribution in [2.24, 2.45) is 0 Å². The zero-order valence-corrected chi connectivity index (χ0v) is 11.2. The number of nitrogens with zero attached hydrogens (tertiary/aromatic N) is 2. The summed E-state index contributed by atoms with van der Waals surface area (Å²) in [5.41, 5.74) is 6.80. The number of fused-ring (bicyclic) bond motifs is 1. The molecule has 0 spiro atoms. The summed E-state index contributed by atoms with van der Waals surface area (Å²) in [4.78, 5) is 15.4. The molecule has 5 nitrogen and oxygen atoms in total. The molecule has 0 aliphatic heterocycles. The van der Waals surface area contributed by atoms with Gasteiger partial charge in [0, 0.05) is 13.1 Å². The van der Waals surface area contributed by atoms with E-state index < -0.39 is 0 Å². The average molecular weight is 348 g/mol. The zero-order valence-electron chi connectivity index (χ0n) is 9.00. The van der Waals surface area contributed by atoms with Crippen molar-refractivity contribution >= 4 is 45.5 Å². The Balaban J connectivity index is 2.58. The molecule has 90 valence electrons. The van der Waals surface area contributed by atoms with Gasteiger partial charge in [0.15, 0.2) is 0 Å². The Labute approximate surface area is 110 Å². The highest BCUT2D eigenvalue weighted by atomic mass is 127. The summed E-state index contributed by atoms with van der Waals surface area (Å²) in [6.45, 7) is 0.0267. The van der Waals surface area contributed by atoms with Gasteiger partial charge in [-0.05, 0) is 28.7 Å². The minimum Gasteiger partial charge on any atom is -0.369 e. The van der Waals surface area contributed by atoms with Gasteiger partial charge < -0.3 is 15.6 Å². The third kappa shape index (κ3) is 2.19. The number of carbonyl (C=O) groups is 1. The van der Waals surface area contributed by atoms with Gasteiger partial charge in [-0.1, -0.05) is 0 Å². The Hall–Kier alpha value is -1.38. The molecule has 2 aromatic rings. The summed E-state index contributed by atoms with van der Waals surface area (Å²) in [6, 6.07) is 2.94. The first-order valence-electron chi connectivity index (χ1n) is 4.84. The number of benzene rings is 1. The molecule has 0 saturated heterocycles. The third-order valence-electron chi connectivity index (χ3n) is 2.40. The van der Waals surface area contributed by atoms with Crippen LogP contribution in [0.3, 0.4) is 0 Å². The van der Waals surface area contributed by atoms with Crippen molar-refractivity contribution in [3.05, 3.63) is 21.5 Å². The molecule has 1 aromatic heterocycles. The second kappa shape index (κ2) is 4.47. The number of carbonyl (C=O) groups excluding carboxylic acids is 1. The molecular weight excluding hydrogens is 338 g/mol. The molecule has 1 heterocycles. The lowest BCUT2D eigenvalue weighted by Crippen LogP contribution is -2.24. The van der Waals surface area contributed by atoms with Gasteiger partial charge in [-0.25, -0.2) is 9.37 Å². The number of nitrogens with one attached hydrogen (secondary N) is 1. The Morgan fingerprint density at radius 2 is 2.35 bits per heavy atom. The Kier molecular flexibility index (Phi) is 3.18. The van der Waals surface area contributed by atoms with Crippen LogP contribution in [-0.4, -0.2) is 22.5 Å². The highest BCUT2D eigenvalue weighted by Gasteiger charge is 2.13. The molecule has 0 aliphatic carbocycles. The monoisotopic (exact) mass is 348 g/mol. The second-order valence-electron chi connectivity index (χ2n) is 3.48. The number of anilines is 1. The Morgan fingerprint density at radius 3 is 3.00 bits per heavy atom. The van der Waals surface area contributed by atoms with Crippen molar-refractivity contribution in [2.45, 2.75) is 6.54 Å². The molecule has 0 fully saturated rings. The lowest BCUT2D eigenvalue weighted by Gasteiger charge is -2.05. The maximum absolute atomic E-state index is 13.5. The van der Waals surface area contributed by atoms with Crippen LogP contribution < -0.4 is 11.1 Å². The molecule has 3 N–H and O–H groups in total. The molecule has 0 radical (unpaired) electrons. The van der Waals surface area contributed by atoms with Crippen LogP contribution in [0.25, 0.3) is 11.0 Å². The Morgan fingerprint density at radius 1 is 1.65 bits per heavy atom. The number of hydrogen-bond donors (Lipinski definition) is 2. The molecule has 1 aromatic carbocycles. The normalized spacial score (nSPS) is 10.8. The minimum atomic E-state index is -0.351. The topological polar surface area (TPSA) is 72.9 Å². The average Bonchev–Trinajstić information content (AvgIpc) is 2.56. The summed E-state index contributed by atoms with van der Waals surface area (Å²) in [5.74, 6) is -0.365. The van der Waals surface area contributed by atoms with Crippen LogP contribution in [0.4, 0.5) is 10.3 Å². The number of nitrogens with two attached hydrogens (primary N) is 1. The van der Waals surface area contributed by atoms with Crippen LogP contribution in [-0.2, 0) is 11.3 Å². The summed E-state index contributed by atoms with van der Waals surface area (Å²) < 4.78 is 15.4. The number of rotatable bonds is 2. The van der Waals surface area contributed by atoms with Crippen molar-refractivity contribution < 1.29 is 9.18 Å². The number of hydrogen-bond acceptors (Lipinski definition) is 3. The van der Waals surface area contributed by atoms with E-state index in [4.69, 9.17) is 5.73 Å². The molecule has 0 bridgehead atoms. The fraction of sp³-hybridized carbons (Fsp3) is 0.200. The van der Waals surface area contributed by atoms with Gasteiger partial charge in [0.1, 0.15) is 12.4 Å². The van der Waals surface area contributed by atoms with Crippen molar-refractivity contribution in [2.75, 3.05) is 12.8 Å². The van der Waals surface area contributed by atoms with E-state index in [2.05, 4.69) is 10.3 Å². The van der Waals surface area contributed by atoms with E-state index in [0.29, 0.717) is 14.6 Å². The number of imidazole rings is 1. The first kappa shape index (κ1) is 12.1. The number of halogens is 2. The van der Waals surface area contributed by atoms with Crippen LogP contribution in [0.15, 0.2) is 12.1 Å². The number of likely N-dealkylation sites (N-methyl/N-ethyl adjacent to an activating group) is 1. The minimum absolute atomic E-state index is 0.0267. The largest absolute Gasteiger partial charge is 0.369 e. The van der Waals surface area contributed by atoms with E-state index in [1.165, 1.54) is 17.7 Å². The molecule has 0 aliphatic rings. The quantitative estimate of drug-likeness (QED) is 0.799. The third-order valence-corrected chi connectivity index (χ3v) is 3.23. The first-order valence-corrected chi connectivity index (χ1v) is 5.92. The number of amides is 1. The highest BCUT2D eigenvalue weighted by Crippen LogP contribution is 2.22. The van der Waals surface area contributed by atoms with Gasteiger partial charge in [0.25, 0.3) is 0 Å². The number of nitrogen functional groups attached to an aromatic ring is 1. The Bertz CT molecular complexity index is 595. The van der Waals surface area contributed by atoms with E-state index >= 15 is 0 Å². The molecule has 7 heteroatoms. The van der Waals surface area contributed by atoms with E-state index in [9.17, 15) is 9.18 Å². The van der Waals surface area contributed by atoms with Crippen molar-refractivity contribution in [1.82, 2.24) is 14.9 Å². The fourth-order valence-electron chi connectivity index (χ4n) is 1.53. The van der Waals surface area contributed by atoms with Crippen LogP contribution in [0, 0.1) is 9.39 Å². The second-order valence-corrected chi connectivity index (χ2v) is 4.65. The van der Waals surface area contributed by atoms with E-state index in [-0.39, 0.29) is 24.2 Å². The summed E-state index contributed by atoms with van der Waals surface area (Å²) >= 11 is 1.88. The highest BCUT2D eigenvalue weighted by molar-refractivity contribution is 14.1.